The highest BCUT2D eigenvalue weighted by Crippen LogP contribution is 2.21. The zero-order chi connectivity index (χ0) is 14.0. The smallest absolute Gasteiger partial charge is 0.274 e. The van der Waals surface area contributed by atoms with Gasteiger partial charge in [0.1, 0.15) is 5.76 Å². The molecule has 0 radical (unpaired) electrons. The second-order valence-electron chi connectivity index (χ2n) is 4.36. The normalized spacial score (nSPS) is 11.7. The number of furan rings is 1. The highest BCUT2D eigenvalue weighted by molar-refractivity contribution is 7.12. The summed E-state index contributed by atoms with van der Waals surface area (Å²) in [6.45, 7) is 7.74. The largest absolute Gasteiger partial charge is 0.469 e. The van der Waals surface area contributed by atoms with Gasteiger partial charge in [-0.15, -0.1) is 11.3 Å². The summed E-state index contributed by atoms with van der Waals surface area (Å²) in [6, 6.07) is 3.71. The number of hydrogen-bond donors (Lipinski definition) is 1. The van der Waals surface area contributed by atoms with Crippen LogP contribution in [0.1, 0.15) is 38.4 Å². The van der Waals surface area contributed by atoms with E-state index in [0.29, 0.717) is 11.3 Å². The third-order valence-electron chi connectivity index (χ3n) is 2.86. The summed E-state index contributed by atoms with van der Waals surface area (Å²) < 4.78 is 5.09. The van der Waals surface area contributed by atoms with Crippen molar-refractivity contribution in [1.29, 1.82) is 0 Å². The molecule has 4 nitrogen and oxygen atoms in total. The maximum absolute atomic E-state index is 11.9. The summed E-state index contributed by atoms with van der Waals surface area (Å²) in [4.78, 5) is 14.3. The highest BCUT2D eigenvalue weighted by Gasteiger charge is 2.11. The summed E-state index contributed by atoms with van der Waals surface area (Å²) in [6.07, 6.45) is 1.49. The molecule has 0 bridgehead atoms. The minimum Gasteiger partial charge on any atom is -0.469 e. The van der Waals surface area contributed by atoms with Crippen molar-refractivity contribution in [3.05, 3.63) is 45.0 Å². The average molecular weight is 276 g/mol. The van der Waals surface area contributed by atoms with Crippen LogP contribution in [0, 0.1) is 20.8 Å². The third-order valence-corrected chi connectivity index (χ3v) is 3.83. The fourth-order valence-corrected chi connectivity index (χ4v) is 2.84. The van der Waals surface area contributed by atoms with Crippen LogP contribution in [-0.4, -0.2) is 11.6 Å². The first kappa shape index (κ1) is 13.5. The van der Waals surface area contributed by atoms with Gasteiger partial charge in [-0.1, -0.05) is 0 Å². The lowest BCUT2D eigenvalue weighted by Gasteiger charge is -2.01. The quantitative estimate of drug-likeness (QED) is 0.690. The fourth-order valence-electron chi connectivity index (χ4n) is 1.87. The molecule has 2 aromatic rings. The molecule has 2 rings (SSSR count). The Bertz CT molecular complexity index is 638. The lowest BCUT2D eigenvalue weighted by atomic mass is 10.2. The van der Waals surface area contributed by atoms with Crippen LogP contribution in [0.2, 0.25) is 0 Å². The first-order chi connectivity index (χ1) is 8.99. The van der Waals surface area contributed by atoms with Gasteiger partial charge in [0.15, 0.2) is 0 Å². The molecule has 0 saturated heterocycles. The SMILES string of the molecule is C/C(=N/NC(=O)c1ccoc1C)c1cc(C)sc1C. The van der Waals surface area contributed by atoms with Crippen LogP contribution in [0.25, 0.3) is 0 Å². The standard InChI is InChI=1S/C14H16N2O2S/c1-8-7-13(11(4)19-8)9(2)15-16-14(17)12-5-6-18-10(12)3/h5-7H,1-4H3,(H,16,17)/b15-9-. The van der Waals surface area contributed by atoms with E-state index in [-0.39, 0.29) is 5.91 Å². The molecule has 1 amide bonds. The molecular formula is C14H16N2O2S. The Morgan fingerprint density at radius 1 is 1.32 bits per heavy atom. The van der Waals surface area contributed by atoms with E-state index in [1.807, 2.05) is 13.8 Å². The number of amides is 1. The lowest BCUT2D eigenvalue weighted by Crippen LogP contribution is -2.19. The molecule has 0 fully saturated rings. The lowest BCUT2D eigenvalue weighted by molar-refractivity contribution is 0.0953. The van der Waals surface area contributed by atoms with Gasteiger partial charge in [0.25, 0.3) is 5.91 Å². The number of nitrogens with one attached hydrogen (secondary N) is 1. The van der Waals surface area contributed by atoms with Crippen LogP contribution in [-0.2, 0) is 0 Å². The number of nitrogens with zero attached hydrogens (tertiary/aromatic N) is 1. The number of thiophene rings is 1. The Hall–Kier alpha value is -1.88. The van der Waals surface area contributed by atoms with E-state index in [9.17, 15) is 4.79 Å². The molecule has 0 spiro atoms. The van der Waals surface area contributed by atoms with Gasteiger partial charge in [-0.25, -0.2) is 5.43 Å². The molecule has 5 heteroatoms. The van der Waals surface area contributed by atoms with Gasteiger partial charge >= 0.3 is 0 Å². The monoisotopic (exact) mass is 276 g/mol. The van der Waals surface area contributed by atoms with Crippen molar-refractivity contribution in [2.24, 2.45) is 5.10 Å². The van der Waals surface area contributed by atoms with Crippen molar-refractivity contribution in [3.63, 3.8) is 0 Å². The maximum atomic E-state index is 11.9. The molecule has 19 heavy (non-hydrogen) atoms. The van der Waals surface area contributed by atoms with Crippen molar-refractivity contribution in [3.8, 4) is 0 Å². The van der Waals surface area contributed by atoms with Crippen LogP contribution in [0.15, 0.2) is 27.9 Å². The van der Waals surface area contributed by atoms with Crippen molar-refractivity contribution in [2.75, 3.05) is 0 Å². The Morgan fingerprint density at radius 3 is 2.58 bits per heavy atom. The molecule has 2 aromatic heterocycles. The van der Waals surface area contributed by atoms with E-state index < -0.39 is 0 Å². The number of rotatable bonds is 3. The van der Waals surface area contributed by atoms with Gasteiger partial charge in [-0.3, -0.25) is 4.79 Å². The fraction of sp³-hybridized carbons (Fsp3) is 0.286. The summed E-state index contributed by atoms with van der Waals surface area (Å²) in [7, 11) is 0. The van der Waals surface area contributed by atoms with Crippen molar-refractivity contribution < 1.29 is 9.21 Å². The molecule has 0 unspecified atom stereocenters. The molecule has 100 valence electrons. The molecule has 0 aliphatic rings. The molecule has 0 atom stereocenters. The van der Waals surface area contributed by atoms with Crippen LogP contribution in [0.5, 0.6) is 0 Å². The molecule has 0 saturated carbocycles. The molecular weight excluding hydrogens is 260 g/mol. The van der Waals surface area contributed by atoms with Crippen molar-refractivity contribution >= 4 is 23.0 Å². The third kappa shape index (κ3) is 2.93. The zero-order valence-corrected chi connectivity index (χ0v) is 12.2. The summed E-state index contributed by atoms with van der Waals surface area (Å²) in [5.41, 5.74) is 4.94. The second-order valence-corrected chi connectivity index (χ2v) is 5.82. The Balaban J connectivity index is 2.13. The van der Waals surface area contributed by atoms with E-state index in [2.05, 4.69) is 23.5 Å². The topological polar surface area (TPSA) is 54.6 Å². The number of aryl methyl sites for hydroxylation is 3. The van der Waals surface area contributed by atoms with Gasteiger partial charge in [-0.05, 0) is 39.8 Å². The second kappa shape index (κ2) is 5.40. The van der Waals surface area contributed by atoms with Gasteiger partial charge in [0, 0.05) is 15.3 Å². The number of carbonyl (C=O) groups is 1. The van der Waals surface area contributed by atoms with Gasteiger partial charge < -0.3 is 4.42 Å². The number of hydrogen-bond acceptors (Lipinski definition) is 4. The van der Waals surface area contributed by atoms with Crippen LogP contribution in [0.3, 0.4) is 0 Å². The predicted octanol–water partition coefficient (Wildman–Crippen LogP) is 3.42. The highest BCUT2D eigenvalue weighted by atomic mass is 32.1. The Labute approximate surface area is 116 Å². The van der Waals surface area contributed by atoms with E-state index in [1.165, 1.54) is 16.0 Å². The predicted molar refractivity (Wildman–Crippen MR) is 76.9 cm³/mol. The van der Waals surface area contributed by atoms with E-state index in [1.54, 1.807) is 24.3 Å². The summed E-state index contributed by atoms with van der Waals surface area (Å²) in [5.74, 6) is 0.336. The molecule has 0 aromatic carbocycles. The Morgan fingerprint density at radius 2 is 2.05 bits per heavy atom. The molecule has 1 N–H and O–H groups in total. The first-order valence-corrected chi connectivity index (χ1v) is 6.77. The van der Waals surface area contributed by atoms with Gasteiger partial charge in [0.05, 0.1) is 17.5 Å². The van der Waals surface area contributed by atoms with Crippen LogP contribution < -0.4 is 5.43 Å². The maximum Gasteiger partial charge on any atom is 0.274 e. The van der Waals surface area contributed by atoms with Gasteiger partial charge in [0.2, 0.25) is 0 Å². The van der Waals surface area contributed by atoms with Crippen LogP contribution >= 0.6 is 11.3 Å². The number of hydrazone groups is 1. The minimum absolute atomic E-state index is 0.254. The number of carbonyl (C=O) groups excluding carboxylic acids is 1. The molecule has 0 aliphatic heterocycles. The van der Waals surface area contributed by atoms with Gasteiger partial charge in [-0.2, -0.15) is 5.10 Å². The minimum atomic E-state index is -0.254. The summed E-state index contributed by atoms with van der Waals surface area (Å²) >= 11 is 1.72. The van der Waals surface area contributed by atoms with Crippen molar-refractivity contribution in [2.45, 2.75) is 27.7 Å². The van der Waals surface area contributed by atoms with E-state index in [4.69, 9.17) is 4.42 Å². The zero-order valence-electron chi connectivity index (χ0n) is 11.4. The van der Waals surface area contributed by atoms with Crippen LogP contribution in [0.4, 0.5) is 0 Å². The van der Waals surface area contributed by atoms with Crippen molar-refractivity contribution in [1.82, 2.24) is 5.43 Å². The first-order valence-electron chi connectivity index (χ1n) is 5.95. The van der Waals surface area contributed by atoms with E-state index in [0.717, 1.165) is 11.3 Å². The molecule has 2 heterocycles. The molecule has 0 aliphatic carbocycles. The summed E-state index contributed by atoms with van der Waals surface area (Å²) in [5, 5.41) is 4.15. The van der Waals surface area contributed by atoms with E-state index >= 15 is 0 Å². The average Bonchev–Trinajstić information content (AvgIpc) is 2.91. The Kier molecular flexibility index (Phi) is 3.85.